The summed E-state index contributed by atoms with van der Waals surface area (Å²) in [5.41, 5.74) is 0.536. The van der Waals surface area contributed by atoms with E-state index in [1.807, 2.05) is 0 Å². The molecule has 1 aromatic carbocycles. The molecule has 0 amide bonds. The van der Waals surface area contributed by atoms with Gasteiger partial charge in [0, 0.05) is 6.61 Å². The molecule has 106 valence electrons. The number of rotatable bonds is 9. The zero-order valence-electron chi connectivity index (χ0n) is 11.7. The van der Waals surface area contributed by atoms with Gasteiger partial charge >= 0.3 is 5.97 Å². The van der Waals surface area contributed by atoms with Gasteiger partial charge in [0.05, 0.1) is 18.8 Å². The van der Waals surface area contributed by atoms with Gasteiger partial charge in [-0.2, -0.15) is 0 Å². The first-order chi connectivity index (χ1) is 9.27. The first-order valence-corrected chi connectivity index (χ1v) is 6.75. The largest absolute Gasteiger partial charge is 0.491 e. The Morgan fingerprint density at radius 2 is 1.79 bits per heavy atom. The van der Waals surface area contributed by atoms with Gasteiger partial charge in [0.25, 0.3) is 0 Å². The average Bonchev–Trinajstić information content (AvgIpc) is 2.43. The summed E-state index contributed by atoms with van der Waals surface area (Å²) in [6.07, 6.45) is 2.21. The molecule has 0 N–H and O–H groups in total. The summed E-state index contributed by atoms with van der Waals surface area (Å²) in [6.45, 7) is 6.18. The quantitative estimate of drug-likeness (QED) is 0.509. The predicted molar refractivity (Wildman–Crippen MR) is 73.6 cm³/mol. The Hall–Kier alpha value is -1.55. The van der Waals surface area contributed by atoms with Crippen LogP contribution in [0.5, 0.6) is 5.75 Å². The molecule has 0 spiro atoms. The number of carbonyl (C=O) groups excluding carboxylic acids is 1. The molecule has 0 saturated carbocycles. The molecule has 0 aromatic heterocycles. The van der Waals surface area contributed by atoms with Crippen molar-refractivity contribution in [2.45, 2.75) is 26.7 Å². The molecular weight excluding hydrogens is 244 g/mol. The molecule has 0 radical (unpaired) electrons. The van der Waals surface area contributed by atoms with Crippen LogP contribution in [0.2, 0.25) is 0 Å². The van der Waals surface area contributed by atoms with E-state index in [1.165, 1.54) is 0 Å². The molecule has 4 nitrogen and oxygen atoms in total. The summed E-state index contributed by atoms with van der Waals surface area (Å²) in [6, 6.07) is 6.92. The second-order valence-electron chi connectivity index (χ2n) is 4.06. The van der Waals surface area contributed by atoms with Crippen LogP contribution in [0, 0.1) is 0 Å². The lowest BCUT2D eigenvalue weighted by atomic mass is 10.2. The first-order valence-electron chi connectivity index (χ1n) is 6.75. The van der Waals surface area contributed by atoms with Crippen molar-refractivity contribution in [3.8, 4) is 5.75 Å². The maximum Gasteiger partial charge on any atom is 0.338 e. The summed E-state index contributed by atoms with van der Waals surface area (Å²) < 4.78 is 15.8. The molecule has 0 saturated heterocycles. The average molecular weight is 266 g/mol. The van der Waals surface area contributed by atoms with Crippen molar-refractivity contribution >= 4 is 5.97 Å². The zero-order chi connectivity index (χ0) is 13.9. The summed E-state index contributed by atoms with van der Waals surface area (Å²) in [7, 11) is 0. The Kier molecular flexibility index (Phi) is 7.66. The van der Waals surface area contributed by atoms with Crippen molar-refractivity contribution in [2.75, 3.05) is 26.4 Å². The van der Waals surface area contributed by atoms with Gasteiger partial charge < -0.3 is 14.2 Å². The van der Waals surface area contributed by atoms with Crippen molar-refractivity contribution in [2.24, 2.45) is 0 Å². The van der Waals surface area contributed by atoms with Gasteiger partial charge in [-0.05, 0) is 37.6 Å². The minimum Gasteiger partial charge on any atom is -0.491 e. The number of ether oxygens (including phenoxy) is 3. The van der Waals surface area contributed by atoms with Crippen LogP contribution in [0.25, 0.3) is 0 Å². The van der Waals surface area contributed by atoms with Crippen molar-refractivity contribution in [3.63, 3.8) is 0 Å². The van der Waals surface area contributed by atoms with Crippen molar-refractivity contribution in [1.82, 2.24) is 0 Å². The van der Waals surface area contributed by atoms with Crippen molar-refractivity contribution in [1.29, 1.82) is 0 Å². The normalized spacial score (nSPS) is 10.2. The van der Waals surface area contributed by atoms with Gasteiger partial charge in [0.2, 0.25) is 0 Å². The van der Waals surface area contributed by atoms with Crippen molar-refractivity contribution < 1.29 is 19.0 Å². The Morgan fingerprint density at radius 3 is 2.42 bits per heavy atom. The second kappa shape index (κ2) is 9.39. The third-order valence-corrected chi connectivity index (χ3v) is 2.50. The molecule has 0 aliphatic carbocycles. The molecule has 19 heavy (non-hydrogen) atoms. The van der Waals surface area contributed by atoms with Crippen LogP contribution in [-0.2, 0) is 9.47 Å². The molecule has 1 rings (SSSR count). The topological polar surface area (TPSA) is 44.8 Å². The van der Waals surface area contributed by atoms with Crippen molar-refractivity contribution in [3.05, 3.63) is 29.8 Å². The highest BCUT2D eigenvalue weighted by molar-refractivity contribution is 5.89. The summed E-state index contributed by atoms with van der Waals surface area (Å²) >= 11 is 0. The number of benzene rings is 1. The van der Waals surface area contributed by atoms with E-state index in [-0.39, 0.29) is 5.97 Å². The minimum atomic E-state index is -0.308. The highest BCUT2D eigenvalue weighted by atomic mass is 16.5. The Labute approximate surface area is 114 Å². The summed E-state index contributed by atoms with van der Waals surface area (Å²) in [5, 5.41) is 0. The second-order valence-corrected chi connectivity index (χ2v) is 4.06. The Balaban J connectivity index is 2.26. The highest BCUT2D eigenvalue weighted by Crippen LogP contribution is 2.12. The van der Waals surface area contributed by atoms with E-state index in [9.17, 15) is 4.79 Å². The van der Waals surface area contributed by atoms with E-state index in [0.29, 0.717) is 25.4 Å². The third-order valence-electron chi connectivity index (χ3n) is 2.50. The van der Waals surface area contributed by atoms with Gasteiger partial charge in [-0.15, -0.1) is 0 Å². The van der Waals surface area contributed by atoms with E-state index < -0.39 is 0 Å². The lowest BCUT2D eigenvalue weighted by Crippen LogP contribution is -2.08. The van der Waals surface area contributed by atoms with Crippen LogP contribution in [0.4, 0.5) is 0 Å². The smallest absolute Gasteiger partial charge is 0.338 e. The molecular formula is C15H22O4. The van der Waals surface area contributed by atoms with Gasteiger partial charge in [0.1, 0.15) is 12.4 Å². The van der Waals surface area contributed by atoms with Crippen LogP contribution in [-0.4, -0.2) is 32.4 Å². The lowest BCUT2D eigenvalue weighted by Gasteiger charge is -2.07. The van der Waals surface area contributed by atoms with Crippen LogP contribution < -0.4 is 4.74 Å². The number of hydrogen-bond donors (Lipinski definition) is 0. The highest BCUT2D eigenvalue weighted by Gasteiger charge is 2.05. The molecule has 4 heteroatoms. The maximum atomic E-state index is 11.4. The third kappa shape index (κ3) is 6.25. The number of unbranched alkanes of at least 4 members (excludes halogenated alkanes) is 1. The fourth-order valence-corrected chi connectivity index (χ4v) is 1.47. The fourth-order valence-electron chi connectivity index (χ4n) is 1.47. The predicted octanol–water partition coefficient (Wildman–Crippen LogP) is 3.06. The van der Waals surface area contributed by atoms with Gasteiger partial charge in [-0.25, -0.2) is 4.79 Å². The molecule has 0 fully saturated rings. The van der Waals surface area contributed by atoms with E-state index in [0.717, 1.165) is 25.2 Å². The van der Waals surface area contributed by atoms with Crippen LogP contribution in [0.15, 0.2) is 24.3 Å². The molecule has 0 heterocycles. The number of esters is 1. The molecule has 0 aliphatic rings. The lowest BCUT2D eigenvalue weighted by molar-refractivity contribution is 0.0526. The van der Waals surface area contributed by atoms with Gasteiger partial charge in [-0.3, -0.25) is 0 Å². The zero-order valence-corrected chi connectivity index (χ0v) is 11.7. The monoisotopic (exact) mass is 266 g/mol. The minimum absolute atomic E-state index is 0.308. The fraction of sp³-hybridized carbons (Fsp3) is 0.533. The SMILES string of the molecule is CCCCOCCOc1ccc(C(=O)OCC)cc1. The molecule has 0 aliphatic heterocycles. The van der Waals surface area contributed by atoms with E-state index in [2.05, 4.69) is 6.92 Å². The standard InChI is InChI=1S/C15H22O4/c1-3-5-10-17-11-12-19-14-8-6-13(7-9-14)15(16)18-4-2/h6-9H,3-5,10-12H2,1-2H3. The van der Waals surface area contributed by atoms with E-state index >= 15 is 0 Å². The number of hydrogen-bond acceptors (Lipinski definition) is 4. The summed E-state index contributed by atoms with van der Waals surface area (Å²) in [4.78, 5) is 11.4. The molecule has 1 aromatic rings. The van der Waals surface area contributed by atoms with Crippen LogP contribution in [0.3, 0.4) is 0 Å². The van der Waals surface area contributed by atoms with Crippen LogP contribution >= 0.6 is 0 Å². The van der Waals surface area contributed by atoms with E-state index in [4.69, 9.17) is 14.2 Å². The Morgan fingerprint density at radius 1 is 1.05 bits per heavy atom. The molecule has 0 atom stereocenters. The van der Waals surface area contributed by atoms with E-state index in [1.54, 1.807) is 31.2 Å². The Bertz CT molecular complexity index is 359. The van der Waals surface area contributed by atoms with Gasteiger partial charge in [0.15, 0.2) is 0 Å². The summed E-state index contributed by atoms with van der Waals surface area (Å²) in [5.74, 6) is 0.420. The maximum absolute atomic E-state index is 11.4. The molecule has 0 unspecified atom stereocenters. The first kappa shape index (κ1) is 15.5. The van der Waals surface area contributed by atoms with Crippen LogP contribution in [0.1, 0.15) is 37.0 Å². The molecule has 0 bridgehead atoms. The van der Waals surface area contributed by atoms with Gasteiger partial charge in [-0.1, -0.05) is 13.3 Å². The number of carbonyl (C=O) groups is 1.